The molecule has 0 bridgehead atoms. The van der Waals surface area contributed by atoms with Crippen molar-refractivity contribution in [1.29, 1.82) is 0 Å². The van der Waals surface area contributed by atoms with Crippen molar-refractivity contribution >= 4 is 22.3 Å². The van der Waals surface area contributed by atoms with Crippen LogP contribution in [-0.4, -0.2) is 38.0 Å². The molecule has 0 spiro atoms. The highest BCUT2D eigenvalue weighted by molar-refractivity contribution is 7.77. The molecule has 2 aromatic carbocycles. The molecule has 1 unspecified atom stereocenters. The fourth-order valence-electron chi connectivity index (χ4n) is 2.34. The number of fused-ring (bicyclic) bond motifs is 1. The number of nitrogens with one attached hydrogen (secondary N) is 1. The third-order valence-corrected chi connectivity index (χ3v) is 3.92. The van der Waals surface area contributed by atoms with Gasteiger partial charge in [-0.05, 0) is 17.7 Å². The Bertz CT molecular complexity index is 879. The highest BCUT2D eigenvalue weighted by atomic mass is 32.2. The van der Waals surface area contributed by atoms with Crippen molar-refractivity contribution < 1.29 is 18.2 Å². The minimum atomic E-state index is -2.03. The lowest BCUT2D eigenvalue weighted by Gasteiger charge is -2.08. The highest BCUT2D eigenvalue weighted by Crippen LogP contribution is 2.31. The second kappa shape index (κ2) is 6.95. The summed E-state index contributed by atoms with van der Waals surface area (Å²) in [5.41, 5.74) is 3.17. The zero-order chi connectivity index (χ0) is 17.1. The second-order valence-corrected chi connectivity index (χ2v) is 5.72. The van der Waals surface area contributed by atoms with Crippen LogP contribution in [-0.2, 0) is 17.8 Å². The van der Waals surface area contributed by atoms with Gasteiger partial charge in [0.05, 0.1) is 25.4 Å². The first-order valence-corrected chi connectivity index (χ1v) is 8.14. The van der Waals surface area contributed by atoms with Crippen molar-refractivity contribution in [2.24, 2.45) is 0 Å². The molecule has 8 nitrogen and oxygen atoms in total. The fourth-order valence-corrected chi connectivity index (χ4v) is 2.63. The SMILES string of the molecule is COc1cc2nnn(-c3ccc(CNS(=O)O)cc3)c2cc1OC. The lowest BCUT2D eigenvalue weighted by molar-refractivity contribution is 0.355. The van der Waals surface area contributed by atoms with Crippen molar-refractivity contribution in [1.82, 2.24) is 19.7 Å². The third kappa shape index (κ3) is 3.23. The zero-order valence-electron chi connectivity index (χ0n) is 13.1. The van der Waals surface area contributed by atoms with Gasteiger partial charge < -0.3 is 9.47 Å². The smallest absolute Gasteiger partial charge is 0.232 e. The van der Waals surface area contributed by atoms with E-state index in [0.29, 0.717) is 23.6 Å². The van der Waals surface area contributed by atoms with Crippen LogP contribution in [0.3, 0.4) is 0 Å². The first-order chi connectivity index (χ1) is 11.6. The van der Waals surface area contributed by atoms with Gasteiger partial charge in [-0.3, -0.25) is 4.55 Å². The molecule has 1 heterocycles. The van der Waals surface area contributed by atoms with E-state index in [-0.39, 0.29) is 0 Å². The summed E-state index contributed by atoms with van der Waals surface area (Å²) in [7, 11) is 3.14. The van der Waals surface area contributed by atoms with Gasteiger partial charge in [-0.1, -0.05) is 17.3 Å². The molecule has 126 valence electrons. The van der Waals surface area contributed by atoms with Crippen LogP contribution < -0.4 is 14.2 Å². The summed E-state index contributed by atoms with van der Waals surface area (Å²) in [6, 6.07) is 11.0. The van der Waals surface area contributed by atoms with Crippen LogP contribution in [0.2, 0.25) is 0 Å². The number of benzene rings is 2. The van der Waals surface area contributed by atoms with Gasteiger partial charge in [-0.25, -0.2) is 13.6 Å². The molecular weight excluding hydrogens is 332 g/mol. The normalized spacial score (nSPS) is 12.3. The molecule has 0 radical (unpaired) electrons. The van der Waals surface area contributed by atoms with E-state index in [4.69, 9.17) is 14.0 Å². The van der Waals surface area contributed by atoms with Gasteiger partial charge in [0.25, 0.3) is 0 Å². The van der Waals surface area contributed by atoms with Crippen LogP contribution in [0.1, 0.15) is 5.56 Å². The number of hydrogen-bond donors (Lipinski definition) is 2. The zero-order valence-corrected chi connectivity index (χ0v) is 13.9. The molecular formula is C15H16N4O4S. The van der Waals surface area contributed by atoms with E-state index >= 15 is 0 Å². The summed E-state index contributed by atoms with van der Waals surface area (Å²) in [5.74, 6) is 1.19. The summed E-state index contributed by atoms with van der Waals surface area (Å²) in [5, 5.41) is 8.32. The Hall–Kier alpha value is -2.49. The van der Waals surface area contributed by atoms with Gasteiger partial charge in [0.15, 0.2) is 11.5 Å². The highest BCUT2D eigenvalue weighted by Gasteiger charge is 2.12. The number of methoxy groups -OCH3 is 2. The van der Waals surface area contributed by atoms with Crippen molar-refractivity contribution in [2.45, 2.75) is 6.54 Å². The molecule has 0 fully saturated rings. The molecule has 0 saturated heterocycles. The van der Waals surface area contributed by atoms with Crippen molar-refractivity contribution in [3.63, 3.8) is 0 Å². The maximum atomic E-state index is 10.6. The maximum absolute atomic E-state index is 10.6. The number of nitrogens with zero attached hydrogens (tertiary/aromatic N) is 3. The largest absolute Gasteiger partial charge is 0.493 e. The molecule has 0 aliphatic carbocycles. The quantitative estimate of drug-likeness (QED) is 0.658. The summed E-state index contributed by atoms with van der Waals surface area (Å²) in [4.78, 5) is 0. The summed E-state index contributed by atoms with van der Waals surface area (Å²) in [6.07, 6.45) is 0. The van der Waals surface area contributed by atoms with E-state index < -0.39 is 11.3 Å². The number of rotatable bonds is 6. The molecule has 3 aromatic rings. The van der Waals surface area contributed by atoms with Crippen LogP contribution in [0, 0.1) is 0 Å². The minimum Gasteiger partial charge on any atom is -0.493 e. The average molecular weight is 348 g/mol. The van der Waals surface area contributed by atoms with Gasteiger partial charge in [-0.15, -0.1) is 5.10 Å². The molecule has 24 heavy (non-hydrogen) atoms. The van der Waals surface area contributed by atoms with Gasteiger partial charge in [-0.2, -0.15) is 0 Å². The van der Waals surface area contributed by atoms with Gasteiger partial charge in [0.2, 0.25) is 11.3 Å². The van der Waals surface area contributed by atoms with E-state index in [1.165, 1.54) is 0 Å². The van der Waals surface area contributed by atoms with Crippen molar-refractivity contribution in [2.75, 3.05) is 14.2 Å². The first kappa shape index (κ1) is 16.4. The number of hydrogen-bond acceptors (Lipinski definition) is 5. The van der Waals surface area contributed by atoms with Gasteiger partial charge in [0.1, 0.15) is 5.52 Å². The summed E-state index contributed by atoms with van der Waals surface area (Å²) < 4.78 is 34.1. The Balaban J connectivity index is 1.95. The van der Waals surface area contributed by atoms with Crippen LogP contribution in [0.15, 0.2) is 36.4 Å². The van der Waals surface area contributed by atoms with E-state index in [2.05, 4.69) is 15.0 Å². The van der Waals surface area contributed by atoms with Crippen molar-refractivity contribution in [3.8, 4) is 17.2 Å². The van der Waals surface area contributed by atoms with Gasteiger partial charge in [0, 0.05) is 18.7 Å². The molecule has 9 heteroatoms. The van der Waals surface area contributed by atoms with E-state index in [1.807, 2.05) is 30.3 Å². The molecule has 0 aliphatic rings. The Morgan fingerprint density at radius 1 is 1.17 bits per heavy atom. The maximum Gasteiger partial charge on any atom is 0.232 e. The molecule has 0 saturated carbocycles. The first-order valence-electron chi connectivity index (χ1n) is 7.03. The van der Waals surface area contributed by atoms with Crippen LogP contribution in [0.5, 0.6) is 11.5 Å². The third-order valence-electron chi connectivity index (χ3n) is 3.53. The number of ether oxygens (including phenoxy) is 2. The topological polar surface area (TPSA) is 98.5 Å². The Morgan fingerprint density at radius 2 is 1.83 bits per heavy atom. The monoisotopic (exact) mass is 348 g/mol. The molecule has 2 N–H and O–H groups in total. The lowest BCUT2D eigenvalue weighted by atomic mass is 10.2. The Labute approximate surface area is 140 Å². The lowest BCUT2D eigenvalue weighted by Crippen LogP contribution is -2.15. The van der Waals surface area contributed by atoms with E-state index in [9.17, 15) is 4.21 Å². The molecule has 3 rings (SSSR count). The van der Waals surface area contributed by atoms with E-state index in [1.54, 1.807) is 25.0 Å². The average Bonchev–Trinajstić information content (AvgIpc) is 3.01. The molecule has 0 amide bonds. The van der Waals surface area contributed by atoms with Crippen LogP contribution >= 0.6 is 0 Å². The molecule has 0 aliphatic heterocycles. The Morgan fingerprint density at radius 3 is 2.46 bits per heavy atom. The standard InChI is InChI=1S/C15H16N4O4S/c1-22-14-7-12-13(8-15(14)23-2)19(18-17-12)11-5-3-10(4-6-11)9-16-24(20)21/h3-8,16H,9H2,1-2H3,(H,20,21). The summed E-state index contributed by atoms with van der Waals surface area (Å²) >= 11 is -2.03. The van der Waals surface area contributed by atoms with Crippen LogP contribution in [0.4, 0.5) is 0 Å². The predicted molar refractivity (Wildman–Crippen MR) is 89.6 cm³/mol. The minimum absolute atomic E-state index is 0.298. The van der Waals surface area contributed by atoms with E-state index in [0.717, 1.165) is 16.8 Å². The van der Waals surface area contributed by atoms with Gasteiger partial charge >= 0.3 is 0 Å². The molecule has 1 atom stereocenters. The predicted octanol–water partition coefficient (Wildman–Crippen LogP) is 1.66. The van der Waals surface area contributed by atoms with Crippen LogP contribution in [0.25, 0.3) is 16.7 Å². The van der Waals surface area contributed by atoms with Crippen molar-refractivity contribution in [3.05, 3.63) is 42.0 Å². The Kier molecular flexibility index (Phi) is 4.74. The fraction of sp³-hybridized carbons (Fsp3) is 0.200. The number of aromatic nitrogens is 3. The second-order valence-electron chi connectivity index (χ2n) is 4.93. The molecule has 1 aromatic heterocycles. The summed E-state index contributed by atoms with van der Waals surface area (Å²) in [6.45, 7) is 0.298.